The summed E-state index contributed by atoms with van der Waals surface area (Å²) in [5.41, 5.74) is 5.43. The lowest BCUT2D eigenvalue weighted by atomic mass is 10.2. The number of rotatable bonds is 7. The Kier molecular flexibility index (Phi) is 5.55. The maximum atomic E-state index is 10.8. The standard InChI is InChI=1S/C11H15N3O5/c1-18-10-3-2-8(6-9(10)14(16)17)7-13-4-5-19-11(12)15/h2-3,6,13H,4-5,7H2,1H3,(H2,12,15). The largest absolute Gasteiger partial charge is 0.490 e. The number of carbonyl (C=O) groups excluding carboxylic acids is 1. The molecule has 0 aliphatic carbocycles. The molecule has 0 fully saturated rings. The van der Waals surface area contributed by atoms with Crippen LogP contribution in [-0.2, 0) is 11.3 Å². The van der Waals surface area contributed by atoms with Crippen molar-refractivity contribution in [1.82, 2.24) is 5.32 Å². The third kappa shape index (κ3) is 4.80. The Morgan fingerprint density at radius 3 is 2.84 bits per heavy atom. The van der Waals surface area contributed by atoms with E-state index in [1.54, 1.807) is 6.07 Å². The topological polar surface area (TPSA) is 117 Å². The lowest BCUT2D eigenvalue weighted by molar-refractivity contribution is -0.385. The fourth-order valence-electron chi connectivity index (χ4n) is 1.44. The molecule has 1 rings (SSSR count). The molecule has 0 aliphatic rings. The second kappa shape index (κ2) is 7.17. The monoisotopic (exact) mass is 269 g/mol. The lowest BCUT2D eigenvalue weighted by Crippen LogP contribution is -2.23. The number of nitrogens with zero attached hydrogens (tertiary/aromatic N) is 1. The van der Waals surface area contributed by atoms with Crippen LogP contribution < -0.4 is 15.8 Å². The smallest absolute Gasteiger partial charge is 0.404 e. The van der Waals surface area contributed by atoms with E-state index >= 15 is 0 Å². The molecule has 19 heavy (non-hydrogen) atoms. The average Bonchev–Trinajstić information content (AvgIpc) is 2.37. The van der Waals surface area contributed by atoms with Gasteiger partial charge in [-0.2, -0.15) is 0 Å². The SMILES string of the molecule is COc1ccc(CNCCOC(N)=O)cc1[N+](=O)[O-]. The number of nitrogens with two attached hydrogens (primary N) is 1. The van der Waals surface area contributed by atoms with Gasteiger partial charge in [0.15, 0.2) is 5.75 Å². The van der Waals surface area contributed by atoms with E-state index in [-0.39, 0.29) is 18.0 Å². The van der Waals surface area contributed by atoms with Gasteiger partial charge in [-0.05, 0) is 11.6 Å². The molecule has 8 nitrogen and oxygen atoms in total. The van der Waals surface area contributed by atoms with Gasteiger partial charge in [0.1, 0.15) is 6.61 Å². The summed E-state index contributed by atoms with van der Waals surface area (Å²) in [5, 5.41) is 13.8. The quantitative estimate of drug-likeness (QED) is 0.429. The van der Waals surface area contributed by atoms with Crippen molar-refractivity contribution < 1.29 is 19.2 Å². The molecule has 8 heteroatoms. The molecule has 0 spiro atoms. The van der Waals surface area contributed by atoms with Gasteiger partial charge < -0.3 is 20.5 Å². The van der Waals surface area contributed by atoms with E-state index in [0.717, 1.165) is 5.56 Å². The first-order valence-electron chi connectivity index (χ1n) is 5.49. The second-order valence-corrected chi connectivity index (χ2v) is 3.61. The third-order valence-corrected chi connectivity index (χ3v) is 2.29. The molecule has 0 saturated carbocycles. The van der Waals surface area contributed by atoms with Crippen molar-refractivity contribution >= 4 is 11.8 Å². The molecule has 1 aromatic carbocycles. The van der Waals surface area contributed by atoms with Gasteiger partial charge in [0.2, 0.25) is 0 Å². The molecule has 0 saturated heterocycles. The van der Waals surface area contributed by atoms with Gasteiger partial charge in [-0.15, -0.1) is 0 Å². The second-order valence-electron chi connectivity index (χ2n) is 3.61. The number of nitrogens with one attached hydrogen (secondary N) is 1. The zero-order valence-electron chi connectivity index (χ0n) is 10.4. The highest BCUT2D eigenvalue weighted by molar-refractivity contribution is 5.64. The maximum Gasteiger partial charge on any atom is 0.404 e. The van der Waals surface area contributed by atoms with Crippen LogP contribution in [0.3, 0.4) is 0 Å². The molecular formula is C11H15N3O5. The number of ether oxygens (including phenoxy) is 2. The minimum Gasteiger partial charge on any atom is -0.490 e. The van der Waals surface area contributed by atoms with Crippen molar-refractivity contribution in [2.45, 2.75) is 6.54 Å². The Morgan fingerprint density at radius 1 is 1.53 bits per heavy atom. The van der Waals surface area contributed by atoms with Crippen molar-refractivity contribution in [2.24, 2.45) is 5.73 Å². The zero-order chi connectivity index (χ0) is 14.3. The molecule has 1 amide bonds. The van der Waals surface area contributed by atoms with E-state index in [0.29, 0.717) is 13.1 Å². The number of hydrogen-bond acceptors (Lipinski definition) is 6. The molecule has 0 aliphatic heterocycles. The van der Waals surface area contributed by atoms with Crippen molar-refractivity contribution in [1.29, 1.82) is 0 Å². The summed E-state index contributed by atoms with van der Waals surface area (Å²) in [6.45, 7) is 0.962. The maximum absolute atomic E-state index is 10.8. The van der Waals surface area contributed by atoms with Crippen molar-refractivity contribution in [2.75, 3.05) is 20.3 Å². The summed E-state index contributed by atoms with van der Waals surface area (Å²) in [4.78, 5) is 20.6. The van der Waals surface area contributed by atoms with Gasteiger partial charge in [0.05, 0.1) is 12.0 Å². The summed E-state index contributed by atoms with van der Waals surface area (Å²) in [6.07, 6.45) is -0.832. The fraction of sp³-hybridized carbons (Fsp3) is 0.364. The Bertz CT molecular complexity index is 464. The average molecular weight is 269 g/mol. The van der Waals surface area contributed by atoms with Gasteiger partial charge in [0, 0.05) is 19.2 Å². The number of amides is 1. The van der Waals surface area contributed by atoms with Gasteiger partial charge >= 0.3 is 11.8 Å². The van der Waals surface area contributed by atoms with Crippen LogP contribution in [0, 0.1) is 10.1 Å². The Hall–Kier alpha value is -2.35. The first-order valence-corrected chi connectivity index (χ1v) is 5.49. The van der Waals surface area contributed by atoms with E-state index in [4.69, 9.17) is 10.5 Å². The van der Waals surface area contributed by atoms with E-state index in [2.05, 4.69) is 10.1 Å². The summed E-state index contributed by atoms with van der Waals surface area (Å²) in [6, 6.07) is 4.68. The third-order valence-electron chi connectivity index (χ3n) is 2.29. The van der Waals surface area contributed by atoms with Crippen molar-refractivity contribution in [3.63, 3.8) is 0 Å². The van der Waals surface area contributed by atoms with Crippen LogP contribution in [0.5, 0.6) is 5.75 Å². The molecule has 0 bridgehead atoms. The lowest BCUT2D eigenvalue weighted by Gasteiger charge is -2.06. The highest BCUT2D eigenvalue weighted by atomic mass is 16.6. The van der Waals surface area contributed by atoms with Crippen LogP contribution in [0.15, 0.2) is 18.2 Å². The Morgan fingerprint density at radius 2 is 2.26 bits per heavy atom. The summed E-state index contributed by atoms with van der Waals surface area (Å²) in [7, 11) is 1.38. The number of nitro benzene ring substituents is 1. The molecule has 0 unspecified atom stereocenters. The van der Waals surface area contributed by atoms with Crippen LogP contribution in [0.4, 0.5) is 10.5 Å². The highest BCUT2D eigenvalue weighted by Crippen LogP contribution is 2.27. The van der Waals surface area contributed by atoms with Gasteiger partial charge in [-0.25, -0.2) is 4.79 Å². The van der Waals surface area contributed by atoms with Gasteiger partial charge in [-0.3, -0.25) is 10.1 Å². The Balaban J connectivity index is 2.53. The molecule has 0 aromatic heterocycles. The van der Waals surface area contributed by atoms with Crippen LogP contribution >= 0.6 is 0 Å². The molecule has 0 heterocycles. The number of primary amides is 1. The number of nitro groups is 1. The van der Waals surface area contributed by atoms with E-state index in [1.165, 1.54) is 19.2 Å². The number of carbonyl (C=O) groups is 1. The molecule has 0 radical (unpaired) electrons. The molecule has 3 N–H and O–H groups in total. The van der Waals surface area contributed by atoms with Gasteiger partial charge in [0.25, 0.3) is 0 Å². The molecule has 0 atom stereocenters. The highest BCUT2D eigenvalue weighted by Gasteiger charge is 2.14. The number of benzene rings is 1. The predicted molar refractivity (Wildman–Crippen MR) is 66.9 cm³/mol. The van der Waals surface area contributed by atoms with Crippen LogP contribution in [0.1, 0.15) is 5.56 Å². The van der Waals surface area contributed by atoms with Crippen molar-refractivity contribution in [3.8, 4) is 5.75 Å². The van der Waals surface area contributed by atoms with E-state index in [9.17, 15) is 14.9 Å². The molecule has 1 aromatic rings. The summed E-state index contributed by atoms with van der Waals surface area (Å²) >= 11 is 0. The van der Waals surface area contributed by atoms with Gasteiger partial charge in [-0.1, -0.05) is 6.07 Å². The molecular weight excluding hydrogens is 254 g/mol. The molecule has 104 valence electrons. The van der Waals surface area contributed by atoms with Crippen molar-refractivity contribution in [3.05, 3.63) is 33.9 Å². The first kappa shape index (κ1) is 14.7. The normalized spacial score (nSPS) is 9.95. The number of hydrogen-bond donors (Lipinski definition) is 2. The van der Waals surface area contributed by atoms with E-state index < -0.39 is 11.0 Å². The summed E-state index contributed by atoms with van der Waals surface area (Å²) < 4.78 is 9.42. The number of methoxy groups -OCH3 is 1. The van der Waals surface area contributed by atoms with Crippen LogP contribution in [0.25, 0.3) is 0 Å². The minimum atomic E-state index is -0.832. The van der Waals surface area contributed by atoms with Crippen LogP contribution in [0.2, 0.25) is 0 Å². The summed E-state index contributed by atoms with van der Waals surface area (Å²) in [5.74, 6) is 0.214. The van der Waals surface area contributed by atoms with Crippen LogP contribution in [-0.4, -0.2) is 31.3 Å². The Labute approximate surface area is 109 Å². The fourth-order valence-corrected chi connectivity index (χ4v) is 1.44. The van der Waals surface area contributed by atoms with E-state index in [1.807, 2.05) is 0 Å². The zero-order valence-corrected chi connectivity index (χ0v) is 10.4. The first-order chi connectivity index (χ1) is 9.04. The predicted octanol–water partition coefficient (Wildman–Crippen LogP) is 0.788. The minimum absolute atomic E-state index is 0.0878.